The van der Waals surface area contributed by atoms with Gasteiger partial charge in [0.2, 0.25) is 0 Å². The highest BCUT2D eigenvalue weighted by atomic mass is 15.3. The summed E-state index contributed by atoms with van der Waals surface area (Å²) in [5.41, 5.74) is 2.56. The fourth-order valence-electron chi connectivity index (χ4n) is 1.76. The molecule has 1 aromatic heterocycles. The van der Waals surface area contributed by atoms with Crippen LogP contribution in [0.1, 0.15) is 39.1 Å². The van der Waals surface area contributed by atoms with Crippen molar-refractivity contribution in [3.05, 3.63) is 17.5 Å². The lowest BCUT2D eigenvalue weighted by Gasteiger charge is -2.20. The number of hydrogen-bond acceptors (Lipinski definition) is 3. The van der Waals surface area contributed by atoms with Gasteiger partial charge in [-0.2, -0.15) is 5.10 Å². The zero-order valence-corrected chi connectivity index (χ0v) is 11.8. The normalized spacial score (nSPS) is 12.1. The van der Waals surface area contributed by atoms with Crippen molar-refractivity contribution in [1.29, 1.82) is 0 Å². The van der Waals surface area contributed by atoms with E-state index in [9.17, 15) is 0 Å². The van der Waals surface area contributed by atoms with Crippen LogP contribution in [0.25, 0.3) is 0 Å². The highest BCUT2D eigenvalue weighted by Crippen LogP contribution is 2.03. The number of nitrogens with one attached hydrogen (secondary N) is 2. The van der Waals surface area contributed by atoms with E-state index in [0.717, 1.165) is 31.9 Å². The van der Waals surface area contributed by atoms with Crippen LogP contribution in [-0.4, -0.2) is 28.4 Å². The average molecular weight is 238 g/mol. The summed E-state index contributed by atoms with van der Waals surface area (Å²) in [5.74, 6) is 0. The number of hydrogen-bond donors (Lipinski definition) is 2. The molecule has 0 atom stereocenters. The van der Waals surface area contributed by atoms with Crippen molar-refractivity contribution in [2.45, 2.75) is 53.2 Å². The first-order valence-electron chi connectivity index (χ1n) is 6.41. The number of nitrogens with zero attached hydrogens (tertiary/aromatic N) is 2. The minimum atomic E-state index is 0.198. The monoisotopic (exact) mass is 238 g/mol. The second kappa shape index (κ2) is 6.17. The topological polar surface area (TPSA) is 41.9 Å². The van der Waals surface area contributed by atoms with Crippen molar-refractivity contribution in [2.24, 2.45) is 0 Å². The van der Waals surface area contributed by atoms with Gasteiger partial charge in [0.25, 0.3) is 0 Å². The SMILES string of the molecule is CCn1nc(C)cc1CNCCNC(C)(C)C. The van der Waals surface area contributed by atoms with Gasteiger partial charge in [-0.25, -0.2) is 0 Å². The highest BCUT2D eigenvalue weighted by Gasteiger charge is 2.07. The third kappa shape index (κ3) is 5.33. The van der Waals surface area contributed by atoms with E-state index < -0.39 is 0 Å². The van der Waals surface area contributed by atoms with Crippen LogP contribution in [0.15, 0.2) is 6.07 Å². The van der Waals surface area contributed by atoms with Crippen molar-refractivity contribution in [3.63, 3.8) is 0 Å². The standard InChI is InChI=1S/C13H26N4/c1-6-17-12(9-11(2)16-17)10-14-7-8-15-13(3,4)5/h9,14-15H,6-8,10H2,1-5H3. The molecule has 0 bridgehead atoms. The van der Waals surface area contributed by atoms with Crippen LogP contribution in [0.3, 0.4) is 0 Å². The smallest absolute Gasteiger partial charge is 0.0597 e. The van der Waals surface area contributed by atoms with Gasteiger partial charge in [-0.3, -0.25) is 4.68 Å². The second-order valence-electron chi connectivity index (χ2n) is 5.45. The Kier molecular flexibility index (Phi) is 5.15. The maximum atomic E-state index is 4.43. The molecule has 4 nitrogen and oxygen atoms in total. The van der Waals surface area contributed by atoms with Crippen LogP contribution >= 0.6 is 0 Å². The zero-order chi connectivity index (χ0) is 12.9. The van der Waals surface area contributed by atoms with Gasteiger partial charge < -0.3 is 10.6 Å². The van der Waals surface area contributed by atoms with E-state index in [1.54, 1.807) is 0 Å². The van der Waals surface area contributed by atoms with Crippen LogP contribution in [0.4, 0.5) is 0 Å². The van der Waals surface area contributed by atoms with Gasteiger partial charge in [0.15, 0.2) is 0 Å². The van der Waals surface area contributed by atoms with Gasteiger partial charge in [-0.1, -0.05) is 0 Å². The van der Waals surface area contributed by atoms with E-state index in [1.807, 2.05) is 6.92 Å². The molecule has 0 radical (unpaired) electrons. The fourth-order valence-corrected chi connectivity index (χ4v) is 1.76. The third-order valence-electron chi connectivity index (χ3n) is 2.55. The first kappa shape index (κ1) is 14.2. The maximum Gasteiger partial charge on any atom is 0.0597 e. The van der Waals surface area contributed by atoms with Crippen molar-refractivity contribution in [1.82, 2.24) is 20.4 Å². The van der Waals surface area contributed by atoms with Gasteiger partial charge in [0.1, 0.15) is 0 Å². The Balaban J connectivity index is 2.26. The Hall–Kier alpha value is -0.870. The van der Waals surface area contributed by atoms with Crippen LogP contribution in [0.2, 0.25) is 0 Å². The molecule has 0 spiro atoms. The lowest BCUT2D eigenvalue weighted by Crippen LogP contribution is -2.40. The Labute approximate surface area is 105 Å². The molecule has 2 N–H and O–H groups in total. The van der Waals surface area contributed by atoms with Crippen molar-refractivity contribution in [3.8, 4) is 0 Å². The molecule has 0 aliphatic rings. The van der Waals surface area contributed by atoms with Crippen molar-refractivity contribution < 1.29 is 0 Å². The molecule has 1 rings (SSSR count). The molecule has 0 fully saturated rings. The molecule has 0 amide bonds. The van der Waals surface area contributed by atoms with Gasteiger partial charge in [-0.15, -0.1) is 0 Å². The lowest BCUT2D eigenvalue weighted by atomic mass is 10.1. The van der Waals surface area contributed by atoms with Crippen LogP contribution in [0.5, 0.6) is 0 Å². The quantitative estimate of drug-likeness (QED) is 0.741. The van der Waals surface area contributed by atoms with E-state index in [0.29, 0.717) is 0 Å². The number of aromatic nitrogens is 2. The maximum absolute atomic E-state index is 4.43. The minimum absolute atomic E-state index is 0.198. The largest absolute Gasteiger partial charge is 0.311 e. The molecule has 0 aliphatic carbocycles. The summed E-state index contributed by atoms with van der Waals surface area (Å²) in [6, 6.07) is 2.15. The van der Waals surface area contributed by atoms with Crippen LogP contribution < -0.4 is 10.6 Å². The second-order valence-corrected chi connectivity index (χ2v) is 5.45. The molecule has 0 aliphatic heterocycles. The summed E-state index contributed by atoms with van der Waals surface area (Å²) >= 11 is 0. The minimum Gasteiger partial charge on any atom is -0.311 e. The van der Waals surface area contributed by atoms with E-state index >= 15 is 0 Å². The van der Waals surface area contributed by atoms with Gasteiger partial charge in [0, 0.05) is 31.7 Å². The first-order valence-corrected chi connectivity index (χ1v) is 6.41. The van der Waals surface area contributed by atoms with Crippen LogP contribution in [0, 0.1) is 6.92 Å². The summed E-state index contributed by atoms with van der Waals surface area (Å²) < 4.78 is 2.06. The molecule has 0 saturated carbocycles. The van der Waals surface area contributed by atoms with E-state index in [-0.39, 0.29) is 5.54 Å². The van der Waals surface area contributed by atoms with E-state index in [1.165, 1.54) is 5.69 Å². The molecular formula is C13H26N4. The number of rotatable bonds is 6. The predicted octanol–water partition coefficient (Wildman–Crippen LogP) is 1.69. The predicted molar refractivity (Wildman–Crippen MR) is 72.1 cm³/mol. The molecule has 4 heteroatoms. The Morgan fingerprint density at radius 2 is 2.00 bits per heavy atom. The lowest BCUT2D eigenvalue weighted by molar-refractivity contribution is 0.420. The first-order chi connectivity index (χ1) is 7.92. The summed E-state index contributed by atoms with van der Waals surface area (Å²) in [6.45, 7) is 14.5. The summed E-state index contributed by atoms with van der Waals surface area (Å²) in [7, 11) is 0. The molecule has 0 saturated heterocycles. The Morgan fingerprint density at radius 1 is 1.29 bits per heavy atom. The van der Waals surface area contributed by atoms with Gasteiger partial charge in [-0.05, 0) is 40.7 Å². The zero-order valence-electron chi connectivity index (χ0n) is 11.8. The molecule has 0 aromatic carbocycles. The Bertz CT molecular complexity index is 336. The molecule has 17 heavy (non-hydrogen) atoms. The molecule has 1 heterocycles. The molecule has 1 aromatic rings. The average Bonchev–Trinajstić information content (AvgIpc) is 2.57. The van der Waals surface area contributed by atoms with Gasteiger partial charge >= 0.3 is 0 Å². The van der Waals surface area contributed by atoms with Crippen LogP contribution in [-0.2, 0) is 13.1 Å². The molecule has 0 unspecified atom stereocenters. The van der Waals surface area contributed by atoms with E-state index in [2.05, 4.69) is 54.2 Å². The molecule has 98 valence electrons. The van der Waals surface area contributed by atoms with E-state index in [4.69, 9.17) is 0 Å². The summed E-state index contributed by atoms with van der Waals surface area (Å²) in [6.07, 6.45) is 0. The summed E-state index contributed by atoms with van der Waals surface area (Å²) in [5, 5.41) is 11.3. The third-order valence-corrected chi connectivity index (χ3v) is 2.55. The Morgan fingerprint density at radius 3 is 2.59 bits per heavy atom. The fraction of sp³-hybridized carbons (Fsp3) is 0.769. The van der Waals surface area contributed by atoms with Crippen molar-refractivity contribution in [2.75, 3.05) is 13.1 Å². The highest BCUT2D eigenvalue weighted by molar-refractivity contribution is 5.08. The molecular weight excluding hydrogens is 212 g/mol. The summed E-state index contributed by atoms with van der Waals surface area (Å²) in [4.78, 5) is 0. The van der Waals surface area contributed by atoms with Gasteiger partial charge in [0.05, 0.1) is 11.4 Å². The number of aryl methyl sites for hydroxylation is 2. The van der Waals surface area contributed by atoms with Crippen molar-refractivity contribution >= 4 is 0 Å².